The molecule has 1 amide bonds. The minimum atomic E-state index is -3.38. The van der Waals surface area contributed by atoms with E-state index in [4.69, 9.17) is 5.11 Å². The van der Waals surface area contributed by atoms with Crippen LogP contribution < -0.4 is 5.32 Å². The molecule has 1 aromatic heterocycles. The van der Waals surface area contributed by atoms with Crippen LogP contribution in [-0.2, 0) is 26.0 Å². The highest BCUT2D eigenvalue weighted by atomic mass is 32.2. The van der Waals surface area contributed by atoms with Crippen molar-refractivity contribution in [2.24, 2.45) is 0 Å². The van der Waals surface area contributed by atoms with Gasteiger partial charge in [-0.2, -0.15) is 5.10 Å². The number of carbonyl (C=O) groups is 2. The first-order chi connectivity index (χ1) is 8.20. The van der Waals surface area contributed by atoms with E-state index in [0.29, 0.717) is 0 Å². The molecule has 0 radical (unpaired) electrons. The van der Waals surface area contributed by atoms with E-state index >= 15 is 0 Å². The smallest absolute Gasteiger partial charge is 0.328 e. The molecule has 18 heavy (non-hydrogen) atoms. The van der Waals surface area contributed by atoms with Crippen molar-refractivity contribution in [2.45, 2.75) is 24.4 Å². The summed E-state index contributed by atoms with van der Waals surface area (Å²) in [4.78, 5) is 21.7. The number of carboxylic acids is 1. The largest absolute Gasteiger partial charge is 0.480 e. The summed E-state index contributed by atoms with van der Waals surface area (Å²) in [6, 6.07) is -1.16. The molecular weight excluding hydrogens is 262 g/mol. The molecule has 1 atom stereocenters. The maximum Gasteiger partial charge on any atom is 0.328 e. The quantitative estimate of drug-likeness (QED) is 0.702. The molecule has 0 bridgehead atoms. The fourth-order valence-corrected chi connectivity index (χ4v) is 1.81. The van der Waals surface area contributed by atoms with Gasteiger partial charge in [-0.1, -0.05) is 0 Å². The Bertz CT molecular complexity index is 563. The zero-order valence-corrected chi connectivity index (χ0v) is 10.6. The molecule has 0 spiro atoms. The van der Waals surface area contributed by atoms with Crippen molar-refractivity contribution >= 4 is 21.7 Å². The maximum absolute atomic E-state index is 11.2. The second-order valence-corrected chi connectivity index (χ2v) is 5.78. The Kier molecular flexibility index (Phi) is 4.07. The Morgan fingerprint density at radius 1 is 1.56 bits per heavy atom. The highest BCUT2D eigenvalue weighted by Crippen LogP contribution is 2.06. The Hall–Kier alpha value is -1.90. The van der Waals surface area contributed by atoms with Gasteiger partial charge in [-0.05, 0) is 0 Å². The van der Waals surface area contributed by atoms with Crippen LogP contribution in [0.4, 0.5) is 0 Å². The van der Waals surface area contributed by atoms with Gasteiger partial charge in [0, 0.05) is 19.4 Å². The van der Waals surface area contributed by atoms with Gasteiger partial charge in [0.15, 0.2) is 9.84 Å². The van der Waals surface area contributed by atoms with Gasteiger partial charge in [-0.3, -0.25) is 9.48 Å². The van der Waals surface area contributed by atoms with Crippen molar-refractivity contribution in [2.75, 3.05) is 6.26 Å². The molecule has 0 fully saturated rings. The van der Waals surface area contributed by atoms with E-state index in [1.165, 1.54) is 13.1 Å². The molecule has 1 unspecified atom stereocenters. The van der Waals surface area contributed by atoms with Crippen LogP contribution in [0.2, 0.25) is 0 Å². The first-order valence-electron chi connectivity index (χ1n) is 4.92. The number of aromatic nitrogens is 2. The first-order valence-corrected chi connectivity index (χ1v) is 6.81. The van der Waals surface area contributed by atoms with Gasteiger partial charge in [0.25, 0.3) is 0 Å². The molecule has 0 saturated heterocycles. The number of hydrogen-bond acceptors (Lipinski definition) is 5. The fraction of sp³-hybridized carbons (Fsp3) is 0.444. The van der Waals surface area contributed by atoms with E-state index in [0.717, 1.165) is 17.1 Å². The SMILES string of the molecule is CC(=O)NC(Cn1cc(S(C)(=O)=O)cn1)C(=O)O. The number of aliphatic carboxylic acids is 1. The Morgan fingerprint density at radius 2 is 2.17 bits per heavy atom. The van der Waals surface area contributed by atoms with Gasteiger partial charge in [-0.25, -0.2) is 13.2 Å². The topological polar surface area (TPSA) is 118 Å². The summed E-state index contributed by atoms with van der Waals surface area (Å²) in [5, 5.41) is 14.8. The van der Waals surface area contributed by atoms with E-state index < -0.39 is 27.8 Å². The molecular formula is C9H13N3O5S. The van der Waals surface area contributed by atoms with Gasteiger partial charge in [0.2, 0.25) is 5.91 Å². The number of carbonyl (C=O) groups excluding carboxylic acids is 1. The van der Waals surface area contributed by atoms with Crippen molar-refractivity contribution in [3.05, 3.63) is 12.4 Å². The van der Waals surface area contributed by atoms with Gasteiger partial charge in [0.05, 0.1) is 12.7 Å². The maximum atomic E-state index is 11.2. The van der Waals surface area contributed by atoms with Crippen LogP contribution >= 0.6 is 0 Å². The summed E-state index contributed by atoms with van der Waals surface area (Å²) in [5.41, 5.74) is 0. The number of nitrogens with one attached hydrogen (secondary N) is 1. The number of amides is 1. The molecule has 1 heterocycles. The molecule has 8 nitrogen and oxygen atoms in total. The number of rotatable bonds is 5. The van der Waals surface area contributed by atoms with Crippen molar-refractivity contribution in [1.82, 2.24) is 15.1 Å². The zero-order chi connectivity index (χ0) is 13.9. The monoisotopic (exact) mass is 275 g/mol. The Morgan fingerprint density at radius 3 is 2.56 bits per heavy atom. The van der Waals surface area contributed by atoms with E-state index in [2.05, 4.69) is 10.4 Å². The van der Waals surface area contributed by atoms with Crippen LogP contribution in [0.25, 0.3) is 0 Å². The van der Waals surface area contributed by atoms with E-state index in [1.54, 1.807) is 0 Å². The lowest BCUT2D eigenvalue weighted by Crippen LogP contribution is -2.42. The normalized spacial score (nSPS) is 13.0. The zero-order valence-electron chi connectivity index (χ0n) is 9.82. The molecule has 0 aliphatic rings. The summed E-state index contributed by atoms with van der Waals surface area (Å²) in [5.74, 6) is -1.71. The third-order valence-corrected chi connectivity index (χ3v) is 3.15. The van der Waals surface area contributed by atoms with Crippen LogP contribution in [0.1, 0.15) is 6.92 Å². The summed E-state index contributed by atoms with van der Waals surface area (Å²) < 4.78 is 23.6. The minimum absolute atomic E-state index is 0.00513. The third kappa shape index (κ3) is 3.84. The van der Waals surface area contributed by atoms with E-state index in [-0.39, 0.29) is 11.4 Å². The van der Waals surface area contributed by atoms with Crippen LogP contribution in [-0.4, -0.2) is 47.5 Å². The molecule has 0 aliphatic carbocycles. The summed E-state index contributed by atoms with van der Waals surface area (Å²) >= 11 is 0. The summed E-state index contributed by atoms with van der Waals surface area (Å²) in [7, 11) is -3.38. The van der Waals surface area contributed by atoms with Crippen molar-refractivity contribution < 1.29 is 23.1 Å². The molecule has 0 saturated carbocycles. The van der Waals surface area contributed by atoms with Gasteiger partial charge >= 0.3 is 5.97 Å². The Labute approximate surface area is 104 Å². The van der Waals surface area contributed by atoms with E-state index in [1.807, 2.05) is 0 Å². The molecule has 2 N–H and O–H groups in total. The standard InChI is InChI=1S/C9H13N3O5S/c1-6(13)11-8(9(14)15)5-12-4-7(3-10-12)18(2,16)17/h3-4,8H,5H2,1-2H3,(H,11,13)(H,14,15). The average Bonchev–Trinajstić information content (AvgIpc) is 2.63. The molecule has 0 aromatic carbocycles. The predicted molar refractivity (Wildman–Crippen MR) is 60.6 cm³/mol. The number of carboxylic acid groups (broad SMARTS) is 1. The molecule has 9 heteroatoms. The fourth-order valence-electron chi connectivity index (χ4n) is 1.25. The molecule has 100 valence electrons. The molecule has 1 rings (SSSR count). The van der Waals surface area contributed by atoms with Gasteiger partial charge in [0.1, 0.15) is 10.9 Å². The van der Waals surface area contributed by atoms with Crippen LogP contribution in [0.5, 0.6) is 0 Å². The predicted octanol–water partition coefficient (Wildman–Crippen LogP) is -1.12. The van der Waals surface area contributed by atoms with Gasteiger partial charge < -0.3 is 10.4 Å². The lowest BCUT2D eigenvalue weighted by atomic mass is 10.3. The lowest BCUT2D eigenvalue weighted by molar-refractivity contribution is -0.142. The lowest BCUT2D eigenvalue weighted by Gasteiger charge is -2.12. The van der Waals surface area contributed by atoms with Crippen LogP contribution in [0, 0.1) is 0 Å². The number of sulfone groups is 1. The highest BCUT2D eigenvalue weighted by molar-refractivity contribution is 7.90. The second kappa shape index (κ2) is 5.17. The number of nitrogens with zero attached hydrogens (tertiary/aromatic N) is 2. The first kappa shape index (κ1) is 14.2. The summed E-state index contributed by atoms with van der Waals surface area (Å²) in [6.07, 6.45) is 3.37. The van der Waals surface area contributed by atoms with Crippen LogP contribution in [0.15, 0.2) is 17.3 Å². The molecule has 1 aromatic rings. The van der Waals surface area contributed by atoms with Crippen molar-refractivity contribution in [1.29, 1.82) is 0 Å². The van der Waals surface area contributed by atoms with E-state index in [9.17, 15) is 18.0 Å². The highest BCUT2D eigenvalue weighted by Gasteiger charge is 2.20. The van der Waals surface area contributed by atoms with Crippen LogP contribution in [0.3, 0.4) is 0 Å². The second-order valence-electron chi connectivity index (χ2n) is 3.76. The van der Waals surface area contributed by atoms with Crippen molar-refractivity contribution in [3.8, 4) is 0 Å². The molecule has 0 aliphatic heterocycles. The Balaban J connectivity index is 2.85. The van der Waals surface area contributed by atoms with Gasteiger partial charge in [-0.15, -0.1) is 0 Å². The summed E-state index contributed by atoms with van der Waals surface area (Å²) in [6.45, 7) is 1.05. The average molecular weight is 275 g/mol. The number of hydrogen-bond donors (Lipinski definition) is 2. The van der Waals surface area contributed by atoms with Crippen molar-refractivity contribution in [3.63, 3.8) is 0 Å². The third-order valence-electron chi connectivity index (χ3n) is 2.08. The minimum Gasteiger partial charge on any atom is -0.480 e.